The van der Waals surface area contributed by atoms with Gasteiger partial charge < -0.3 is 14.7 Å². The molecule has 27 rings (SSSR count). The van der Waals surface area contributed by atoms with E-state index in [1.165, 1.54) is 200 Å². The van der Waals surface area contributed by atoms with Gasteiger partial charge in [-0.2, -0.15) is 0 Å². The van der Waals surface area contributed by atoms with Crippen molar-refractivity contribution in [2.75, 3.05) is 14.7 Å². The third kappa shape index (κ3) is 15.4. The van der Waals surface area contributed by atoms with Crippen LogP contribution < -0.4 is 14.7 Å². The maximum atomic E-state index is 2.47. The van der Waals surface area contributed by atoms with Crippen LogP contribution in [0, 0.1) is 0 Å². The second kappa shape index (κ2) is 36.4. The van der Waals surface area contributed by atoms with Gasteiger partial charge in [-0.15, -0.1) is 34.0 Å². The molecule has 0 atom stereocenters. The molecule has 3 nitrogen and oxygen atoms in total. The van der Waals surface area contributed by atoms with Crippen LogP contribution in [0.2, 0.25) is 0 Å². The van der Waals surface area contributed by atoms with E-state index in [1.807, 2.05) is 34.0 Å². The largest absolute Gasteiger partial charge is 0.310 e. The average Bonchev–Trinajstić information content (AvgIpc) is 1.57. The summed E-state index contributed by atoms with van der Waals surface area (Å²) in [6, 6.07) is 181. The zero-order valence-electron chi connectivity index (χ0n) is 80.7. The molecule has 3 aliphatic carbocycles. The second-order valence-corrected chi connectivity index (χ2v) is 42.2. The molecule has 0 radical (unpaired) electrons. The van der Waals surface area contributed by atoms with Crippen LogP contribution in [-0.2, 0) is 16.2 Å². The van der Waals surface area contributed by atoms with Crippen LogP contribution in [0.1, 0.15) is 87.8 Å². The summed E-state index contributed by atoms with van der Waals surface area (Å²) in [5, 5.41) is 7.95. The Bertz CT molecular complexity index is 8970. The summed E-state index contributed by atoms with van der Waals surface area (Å²) < 4.78 is 7.99. The Kier molecular flexibility index (Phi) is 22.4. The Morgan fingerprint density at radius 2 is 0.448 bits per heavy atom. The fourth-order valence-electron chi connectivity index (χ4n) is 23.3. The van der Waals surface area contributed by atoms with Gasteiger partial charge in [-0.25, -0.2) is 0 Å². The normalized spacial score (nSPS) is 13.0. The Labute approximate surface area is 849 Å². The van der Waals surface area contributed by atoms with Crippen LogP contribution in [0.4, 0.5) is 51.2 Å². The van der Waals surface area contributed by atoms with Crippen LogP contribution in [-0.4, -0.2) is 0 Å². The fourth-order valence-corrected chi connectivity index (χ4v) is 27.0. The number of hydrogen-bond acceptors (Lipinski definition) is 6. The van der Waals surface area contributed by atoms with Gasteiger partial charge in [0.15, 0.2) is 0 Å². The first-order chi connectivity index (χ1) is 70.3. The van der Waals surface area contributed by atoms with E-state index in [9.17, 15) is 0 Å². The highest BCUT2D eigenvalue weighted by Gasteiger charge is 2.42. The SMILES string of the molecule is CC1(C)c2ccccc2-c2ccc(N(c3ccc(-c4ccccc4)cc3)c3cccc(-c4cccc5c4sc4ccccc45)c3)cc21.CC1(C)c2ccccc2-c2ccc(N(c3ccc(-c4ccccc4)cc3)c3ccccc3-c3cccc4c3sc3ccccc34)cc21.CCC1(CC)c2ccccc2-c2ccc(N(c3ccc(-c4ccccc4)cc3)c3ccc(-c4cccc5c4sc4ccccc45)cc3)cc21. The summed E-state index contributed by atoms with van der Waals surface area (Å²) in [4.78, 5) is 7.30. The minimum atomic E-state index is -0.0903. The molecule has 21 aromatic carbocycles. The lowest BCUT2D eigenvalue weighted by atomic mass is 9.74. The molecule has 0 amide bonds. The smallest absolute Gasteiger partial charge is 0.0540 e. The van der Waals surface area contributed by atoms with E-state index in [2.05, 4.69) is 548 Å². The number of fused-ring (bicyclic) bond motifs is 18. The van der Waals surface area contributed by atoms with Crippen LogP contribution in [0.15, 0.2) is 491 Å². The summed E-state index contributed by atoms with van der Waals surface area (Å²) in [5.74, 6) is 0. The van der Waals surface area contributed by atoms with Crippen molar-refractivity contribution >= 4 is 146 Å². The fraction of sp³-hybridized carbons (Fsp3) is 0.0803. The van der Waals surface area contributed by atoms with E-state index < -0.39 is 0 Å². The van der Waals surface area contributed by atoms with Crippen molar-refractivity contribution in [2.24, 2.45) is 0 Å². The van der Waals surface area contributed by atoms with Crippen LogP contribution in [0.5, 0.6) is 0 Å². The lowest BCUT2D eigenvalue weighted by Gasteiger charge is -2.31. The first-order valence-corrected chi connectivity index (χ1v) is 52.4. The van der Waals surface area contributed by atoms with E-state index in [0.717, 1.165) is 58.3 Å². The van der Waals surface area contributed by atoms with E-state index in [1.54, 1.807) is 0 Å². The molecule has 143 heavy (non-hydrogen) atoms. The van der Waals surface area contributed by atoms with Gasteiger partial charge in [0.1, 0.15) is 0 Å². The predicted molar refractivity (Wildman–Crippen MR) is 617 cm³/mol. The highest BCUT2D eigenvalue weighted by atomic mass is 32.1. The molecule has 0 aliphatic heterocycles. The Hall–Kier alpha value is -16.3. The standard InChI is InChI=1S/C47H37NS.2C45H33NS/c1-3-47(4-2)43-19-10-8-15-39(43)40-30-29-37(31-44(40)47)48(35-25-21-33(22-26-35)32-13-6-5-7-14-32)36-27-23-34(24-28-36)38-17-12-18-42-41-16-9-11-20-45(41)49-46(38)42;1-45(2)40-20-9-6-15-34(40)35-28-27-33(29-41(35)45)46(32-25-23-31(24-26-32)30-13-4-3-5-14-30)42-21-10-7-16-36(42)38-18-12-19-39-37-17-8-11-22-43(37)47-44(38)39;1-45(2)41-20-8-6-16-37(41)38-27-26-35(29-42(38)45)46(33-24-22-31(23-25-33)30-12-4-3-5-13-30)34-15-10-14-32(28-34)36-18-11-19-40-39-17-7-9-21-43(39)47-44(36)40/h5-31H,3-4H2,1-2H3;2*3-29H,1-2H3. The third-order valence-corrected chi connectivity index (χ3v) is 34.2. The van der Waals surface area contributed by atoms with Crippen molar-refractivity contribution in [1.29, 1.82) is 0 Å². The van der Waals surface area contributed by atoms with Crippen molar-refractivity contribution in [3.05, 3.63) is 525 Å². The lowest BCUT2D eigenvalue weighted by molar-refractivity contribution is 0.490. The highest BCUT2D eigenvalue weighted by molar-refractivity contribution is 7.27. The minimum absolute atomic E-state index is 0.0115. The average molecular weight is 1890 g/mol. The molecule has 0 unspecified atom stereocenters. The molecule has 0 fully saturated rings. The number of anilines is 9. The van der Waals surface area contributed by atoms with Crippen molar-refractivity contribution in [2.45, 2.75) is 70.6 Å². The highest BCUT2D eigenvalue weighted by Crippen LogP contribution is 2.58. The van der Waals surface area contributed by atoms with E-state index >= 15 is 0 Å². The molecule has 3 aromatic heterocycles. The molecule has 0 saturated heterocycles. The van der Waals surface area contributed by atoms with Gasteiger partial charge in [0.2, 0.25) is 0 Å². The number of rotatable bonds is 17. The third-order valence-electron chi connectivity index (χ3n) is 30.6. The van der Waals surface area contributed by atoms with Gasteiger partial charge in [0, 0.05) is 133 Å². The number of hydrogen-bond donors (Lipinski definition) is 0. The van der Waals surface area contributed by atoms with Gasteiger partial charge >= 0.3 is 0 Å². The van der Waals surface area contributed by atoms with E-state index in [-0.39, 0.29) is 16.2 Å². The first kappa shape index (κ1) is 88.1. The number of benzene rings is 21. The van der Waals surface area contributed by atoms with Gasteiger partial charge in [-0.05, 0) is 257 Å². The van der Waals surface area contributed by atoms with E-state index in [4.69, 9.17) is 0 Å². The zero-order valence-corrected chi connectivity index (χ0v) is 83.2. The van der Waals surface area contributed by atoms with Crippen LogP contribution >= 0.6 is 34.0 Å². The first-order valence-electron chi connectivity index (χ1n) is 49.9. The molecule has 684 valence electrons. The molecule has 3 heterocycles. The summed E-state index contributed by atoms with van der Waals surface area (Å²) in [7, 11) is 0. The second-order valence-electron chi connectivity index (χ2n) is 39.1. The van der Waals surface area contributed by atoms with Crippen molar-refractivity contribution < 1.29 is 0 Å². The molecular formula is C137H103N3S3. The maximum Gasteiger partial charge on any atom is 0.0540 e. The van der Waals surface area contributed by atoms with Crippen molar-refractivity contribution in [1.82, 2.24) is 0 Å². The number of thiophene rings is 3. The summed E-state index contributed by atoms with van der Waals surface area (Å²) >= 11 is 5.66. The molecule has 24 aromatic rings. The number of nitrogens with zero attached hydrogens (tertiary/aromatic N) is 3. The van der Waals surface area contributed by atoms with E-state index in [0.29, 0.717) is 0 Å². The topological polar surface area (TPSA) is 9.72 Å². The minimum Gasteiger partial charge on any atom is -0.310 e. The summed E-state index contributed by atoms with van der Waals surface area (Å²) in [6.45, 7) is 14.1. The molecular weight excluding hydrogens is 1780 g/mol. The molecule has 0 N–H and O–H groups in total. The van der Waals surface area contributed by atoms with Gasteiger partial charge in [-0.1, -0.05) is 412 Å². The number of para-hydroxylation sites is 1. The zero-order chi connectivity index (χ0) is 96.0. The summed E-state index contributed by atoms with van der Waals surface area (Å²) in [6.07, 6.45) is 2.14. The Morgan fingerprint density at radius 1 is 0.175 bits per heavy atom. The van der Waals surface area contributed by atoms with Crippen molar-refractivity contribution in [3.63, 3.8) is 0 Å². The van der Waals surface area contributed by atoms with Crippen LogP contribution in [0.25, 0.3) is 161 Å². The maximum absolute atomic E-state index is 2.47. The monoisotopic (exact) mass is 1890 g/mol. The van der Waals surface area contributed by atoms with Gasteiger partial charge in [0.25, 0.3) is 0 Å². The molecule has 0 spiro atoms. The lowest BCUT2D eigenvalue weighted by Crippen LogP contribution is -2.23. The Balaban J connectivity index is 0.000000113. The molecule has 6 heteroatoms. The quantitative estimate of drug-likeness (QED) is 0.0900. The summed E-state index contributed by atoms with van der Waals surface area (Å²) in [5.41, 5.74) is 41.6. The van der Waals surface area contributed by atoms with Gasteiger partial charge in [-0.3, -0.25) is 0 Å². The Morgan fingerprint density at radius 3 is 0.888 bits per heavy atom. The predicted octanol–water partition coefficient (Wildman–Crippen LogP) is 40.3. The van der Waals surface area contributed by atoms with Gasteiger partial charge in [0.05, 0.1) is 5.69 Å². The van der Waals surface area contributed by atoms with Crippen LogP contribution in [0.3, 0.4) is 0 Å². The molecule has 3 aliphatic rings. The van der Waals surface area contributed by atoms with Crippen molar-refractivity contribution in [3.8, 4) is 100 Å². The molecule has 0 saturated carbocycles. The molecule has 0 bridgehead atoms.